The van der Waals surface area contributed by atoms with Crippen LogP contribution >= 0.6 is 23.1 Å². The van der Waals surface area contributed by atoms with Gasteiger partial charge in [-0.25, -0.2) is 10.8 Å². The minimum absolute atomic E-state index is 0.258. The number of pyridine rings is 1. The Labute approximate surface area is 113 Å². The number of rotatable bonds is 4. The van der Waals surface area contributed by atoms with Gasteiger partial charge in [0, 0.05) is 5.75 Å². The Morgan fingerprint density at radius 1 is 1.44 bits per heavy atom. The molecule has 0 aliphatic rings. The second-order valence-electron chi connectivity index (χ2n) is 3.47. The van der Waals surface area contributed by atoms with Crippen molar-refractivity contribution in [1.29, 1.82) is 0 Å². The lowest BCUT2D eigenvalue weighted by atomic mass is 10.3. The molecule has 2 rings (SSSR count). The van der Waals surface area contributed by atoms with Crippen LogP contribution in [0.1, 0.15) is 15.2 Å². The minimum atomic E-state index is -0.258. The van der Waals surface area contributed by atoms with Crippen molar-refractivity contribution in [3.8, 4) is 0 Å². The van der Waals surface area contributed by atoms with Crippen molar-refractivity contribution in [2.75, 3.05) is 5.73 Å². The summed E-state index contributed by atoms with van der Waals surface area (Å²) in [5, 5.41) is 2.74. The van der Waals surface area contributed by atoms with E-state index < -0.39 is 0 Å². The van der Waals surface area contributed by atoms with Crippen molar-refractivity contribution >= 4 is 34.7 Å². The maximum Gasteiger partial charge on any atom is 0.275 e. The fourth-order valence-electron chi connectivity index (χ4n) is 1.34. The molecule has 0 fully saturated rings. The van der Waals surface area contributed by atoms with Gasteiger partial charge >= 0.3 is 0 Å². The molecule has 0 bridgehead atoms. The fraction of sp³-hybridized carbons (Fsp3) is 0.0909. The summed E-state index contributed by atoms with van der Waals surface area (Å²) in [6.45, 7) is 0. The van der Waals surface area contributed by atoms with E-state index in [1.807, 2.05) is 17.5 Å². The van der Waals surface area contributed by atoms with E-state index in [9.17, 15) is 4.79 Å². The summed E-state index contributed by atoms with van der Waals surface area (Å²) in [6, 6.07) is 5.57. The number of hydrogen-bond acceptors (Lipinski definition) is 6. The van der Waals surface area contributed by atoms with Crippen molar-refractivity contribution in [2.24, 2.45) is 5.84 Å². The molecule has 5 N–H and O–H groups in total. The number of thioether (sulfide) groups is 1. The molecule has 0 saturated carbocycles. The number of amides is 1. The van der Waals surface area contributed by atoms with Crippen LogP contribution in [0.25, 0.3) is 0 Å². The Morgan fingerprint density at radius 2 is 2.28 bits per heavy atom. The van der Waals surface area contributed by atoms with Crippen LogP contribution in [0.3, 0.4) is 0 Å². The molecule has 0 aliphatic carbocycles. The zero-order valence-corrected chi connectivity index (χ0v) is 11.1. The summed E-state index contributed by atoms with van der Waals surface area (Å²) in [6.07, 6.45) is 1.61. The summed E-state index contributed by atoms with van der Waals surface area (Å²) in [4.78, 5) is 16.3. The van der Waals surface area contributed by atoms with E-state index in [4.69, 9.17) is 11.6 Å². The predicted molar refractivity (Wildman–Crippen MR) is 74.2 cm³/mol. The maximum absolute atomic E-state index is 11.5. The van der Waals surface area contributed by atoms with Crippen LogP contribution in [0.15, 0.2) is 34.8 Å². The highest BCUT2D eigenvalue weighted by atomic mass is 32.2. The molecule has 0 aromatic carbocycles. The number of carbonyl (C=O) groups excluding carboxylic acids is 1. The number of carbonyl (C=O) groups is 1. The summed E-state index contributed by atoms with van der Waals surface area (Å²) < 4.78 is 0. The third kappa shape index (κ3) is 3.00. The van der Waals surface area contributed by atoms with Crippen LogP contribution < -0.4 is 17.0 Å². The molecular weight excluding hydrogens is 268 g/mol. The number of nitrogens with zero attached hydrogens (tertiary/aromatic N) is 1. The number of aromatic nitrogens is 1. The summed E-state index contributed by atoms with van der Waals surface area (Å²) in [5.41, 5.74) is 9.29. The lowest BCUT2D eigenvalue weighted by molar-refractivity contribution is 0.0957. The Hall–Kier alpha value is -1.57. The zero-order valence-electron chi connectivity index (χ0n) is 9.42. The Kier molecular flexibility index (Phi) is 4.19. The standard InChI is InChI=1S/C11H12N4OS2/c12-8-1-2-9(14-5-8)18-6-7-3-4-17-10(7)11(16)15-13/h1-5H,6,12-13H2,(H,15,16). The molecule has 0 unspecified atom stereocenters. The molecule has 18 heavy (non-hydrogen) atoms. The Morgan fingerprint density at radius 3 is 2.94 bits per heavy atom. The summed E-state index contributed by atoms with van der Waals surface area (Å²) >= 11 is 2.92. The molecule has 7 heteroatoms. The first-order valence-electron chi connectivity index (χ1n) is 5.12. The van der Waals surface area contributed by atoms with E-state index in [0.29, 0.717) is 16.3 Å². The second kappa shape index (κ2) is 5.85. The topological polar surface area (TPSA) is 94.0 Å². The smallest absolute Gasteiger partial charge is 0.275 e. The van der Waals surface area contributed by atoms with Gasteiger partial charge in [0.1, 0.15) is 0 Å². The molecule has 2 heterocycles. The number of nitrogens with one attached hydrogen (secondary N) is 1. The number of nitrogens with two attached hydrogens (primary N) is 2. The molecule has 5 nitrogen and oxygen atoms in total. The van der Waals surface area contributed by atoms with Crippen molar-refractivity contribution < 1.29 is 4.79 Å². The van der Waals surface area contributed by atoms with Crippen LogP contribution in [0, 0.1) is 0 Å². The summed E-state index contributed by atoms with van der Waals surface area (Å²) in [5.74, 6) is 5.54. The Balaban J connectivity index is 2.04. The van der Waals surface area contributed by atoms with Gasteiger partial charge in [-0.1, -0.05) is 0 Å². The van der Waals surface area contributed by atoms with E-state index >= 15 is 0 Å². The van der Waals surface area contributed by atoms with E-state index in [0.717, 1.165) is 10.6 Å². The van der Waals surface area contributed by atoms with Gasteiger partial charge in [0.05, 0.1) is 21.8 Å². The molecule has 0 spiro atoms. The maximum atomic E-state index is 11.5. The van der Waals surface area contributed by atoms with Crippen LogP contribution in [0.2, 0.25) is 0 Å². The van der Waals surface area contributed by atoms with Gasteiger partial charge < -0.3 is 5.73 Å². The van der Waals surface area contributed by atoms with Gasteiger partial charge in [0.15, 0.2) is 0 Å². The first kappa shape index (κ1) is 12.9. The fourth-order valence-corrected chi connectivity index (χ4v) is 3.10. The van der Waals surface area contributed by atoms with Gasteiger partial charge in [-0.05, 0) is 29.1 Å². The number of hydrogen-bond donors (Lipinski definition) is 3. The normalized spacial score (nSPS) is 10.3. The van der Waals surface area contributed by atoms with Gasteiger partial charge in [-0.2, -0.15) is 0 Å². The zero-order chi connectivity index (χ0) is 13.0. The molecule has 0 aliphatic heterocycles. The number of anilines is 1. The quantitative estimate of drug-likeness (QED) is 0.342. The lowest BCUT2D eigenvalue weighted by Gasteiger charge is -2.03. The SMILES string of the molecule is NNC(=O)c1sccc1CSc1ccc(N)cn1. The predicted octanol–water partition coefficient (Wildman–Crippen LogP) is 1.62. The minimum Gasteiger partial charge on any atom is -0.397 e. The molecule has 2 aromatic heterocycles. The third-order valence-corrected chi connectivity index (χ3v) is 4.17. The van der Waals surface area contributed by atoms with Gasteiger partial charge in [-0.15, -0.1) is 23.1 Å². The van der Waals surface area contributed by atoms with Crippen molar-refractivity contribution in [3.05, 3.63) is 40.2 Å². The highest BCUT2D eigenvalue weighted by molar-refractivity contribution is 7.98. The molecule has 94 valence electrons. The first-order chi connectivity index (χ1) is 8.70. The largest absolute Gasteiger partial charge is 0.397 e. The third-order valence-electron chi connectivity index (χ3n) is 2.22. The van der Waals surface area contributed by atoms with Crippen molar-refractivity contribution in [3.63, 3.8) is 0 Å². The van der Waals surface area contributed by atoms with E-state index in [-0.39, 0.29) is 5.91 Å². The molecule has 1 amide bonds. The molecular formula is C11H12N4OS2. The first-order valence-corrected chi connectivity index (χ1v) is 6.99. The number of nitrogen functional groups attached to an aromatic ring is 2. The van der Waals surface area contributed by atoms with Gasteiger partial charge in [-0.3, -0.25) is 10.2 Å². The van der Waals surface area contributed by atoms with Crippen LogP contribution in [0.5, 0.6) is 0 Å². The Bertz CT molecular complexity index is 538. The van der Waals surface area contributed by atoms with Gasteiger partial charge in [0.2, 0.25) is 0 Å². The number of hydrazine groups is 1. The van der Waals surface area contributed by atoms with Crippen LogP contribution in [-0.4, -0.2) is 10.9 Å². The highest BCUT2D eigenvalue weighted by Crippen LogP contribution is 2.26. The average Bonchev–Trinajstić information content (AvgIpc) is 2.85. The lowest BCUT2D eigenvalue weighted by Crippen LogP contribution is -2.29. The second-order valence-corrected chi connectivity index (χ2v) is 5.38. The van der Waals surface area contributed by atoms with E-state index in [1.165, 1.54) is 11.3 Å². The molecule has 0 saturated heterocycles. The number of thiophene rings is 1. The van der Waals surface area contributed by atoms with Crippen molar-refractivity contribution in [2.45, 2.75) is 10.8 Å². The van der Waals surface area contributed by atoms with Gasteiger partial charge in [0.25, 0.3) is 5.91 Å². The summed E-state index contributed by atoms with van der Waals surface area (Å²) in [7, 11) is 0. The highest BCUT2D eigenvalue weighted by Gasteiger charge is 2.12. The molecule has 0 atom stereocenters. The molecule has 2 aromatic rings. The average molecular weight is 280 g/mol. The monoisotopic (exact) mass is 280 g/mol. The van der Waals surface area contributed by atoms with E-state index in [1.54, 1.807) is 24.0 Å². The molecule has 0 radical (unpaired) electrons. The van der Waals surface area contributed by atoms with E-state index in [2.05, 4.69) is 10.4 Å². The van der Waals surface area contributed by atoms with Crippen LogP contribution in [-0.2, 0) is 5.75 Å². The van der Waals surface area contributed by atoms with Crippen LogP contribution in [0.4, 0.5) is 5.69 Å². The van der Waals surface area contributed by atoms with Crippen molar-refractivity contribution in [1.82, 2.24) is 10.4 Å².